The van der Waals surface area contributed by atoms with Gasteiger partial charge in [-0.1, -0.05) is 0 Å². The average Bonchev–Trinajstić information content (AvgIpc) is 2.82. The van der Waals surface area contributed by atoms with Gasteiger partial charge < -0.3 is 15.4 Å². The molecule has 6 heteroatoms. The summed E-state index contributed by atoms with van der Waals surface area (Å²) in [5, 5.41) is 6.81. The van der Waals surface area contributed by atoms with Crippen LogP contribution in [0.15, 0.2) is 6.20 Å². The molecule has 1 fully saturated rings. The Morgan fingerprint density at radius 3 is 2.89 bits per heavy atom. The second-order valence-corrected chi connectivity index (χ2v) is 5.65. The zero-order valence-corrected chi connectivity index (χ0v) is 11.1. The Labute approximate surface area is 106 Å². The number of anilines is 1. The summed E-state index contributed by atoms with van der Waals surface area (Å²) in [5.41, 5.74) is 6.94. The fourth-order valence-electron chi connectivity index (χ4n) is 2.12. The minimum atomic E-state index is -0.456. The Bertz CT molecular complexity index is 436. The van der Waals surface area contributed by atoms with Crippen molar-refractivity contribution < 1.29 is 9.53 Å². The van der Waals surface area contributed by atoms with Crippen LogP contribution in [-0.2, 0) is 4.74 Å². The van der Waals surface area contributed by atoms with Crippen LogP contribution in [0.2, 0.25) is 0 Å². The molecule has 0 spiro atoms. The number of nitrogens with zero attached hydrogens (tertiary/aromatic N) is 2. The summed E-state index contributed by atoms with van der Waals surface area (Å²) in [7, 11) is 0. The van der Waals surface area contributed by atoms with Crippen LogP contribution in [0.4, 0.5) is 10.5 Å². The lowest BCUT2D eigenvalue weighted by atomic mass is 10.0. The molecule has 1 aliphatic rings. The number of nitrogens with two attached hydrogens (primary N) is 1. The smallest absolute Gasteiger partial charge is 0.410 e. The molecule has 2 rings (SSSR count). The monoisotopic (exact) mass is 252 g/mol. The summed E-state index contributed by atoms with van der Waals surface area (Å²) in [6.07, 6.45) is 2.22. The summed E-state index contributed by atoms with van der Waals surface area (Å²) in [6, 6.07) is 0. The molecule has 18 heavy (non-hydrogen) atoms. The predicted octanol–water partition coefficient (Wildman–Crippen LogP) is 1.72. The number of aromatic amines is 1. The molecule has 0 aliphatic carbocycles. The van der Waals surface area contributed by atoms with Gasteiger partial charge in [-0.3, -0.25) is 5.10 Å². The number of hydrogen-bond donors (Lipinski definition) is 2. The van der Waals surface area contributed by atoms with E-state index in [-0.39, 0.29) is 12.0 Å². The van der Waals surface area contributed by atoms with E-state index < -0.39 is 5.60 Å². The van der Waals surface area contributed by atoms with Crippen LogP contribution >= 0.6 is 0 Å². The fourth-order valence-corrected chi connectivity index (χ4v) is 2.12. The molecule has 1 aromatic rings. The number of carbonyl (C=O) groups is 1. The van der Waals surface area contributed by atoms with Crippen molar-refractivity contribution in [2.24, 2.45) is 0 Å². The molecule has 3 N–H and O–H groups in total. The third kappa shape index (κ3) is 2.75. The molecule has 1 saturated heterocycles. The van der Waals surface area contributed by atoms with Gasteiger partial charge in [0, 0.05) is 19.0 Å². The summed E-state index contributed by atoms with van der Waals surface area (Å²) in [6.45, 7) is 6.92. The molecule has 2 heterocycles. The molecule has 1 amide bonds. The minimum Gasteiger partial charge on any atom is -0.444 e. The van der Waals surface area contributed by atoms with E-state index in [1.165, 1.54) is 0 Å². The number of nitrogens with one attached hydrogen (secondary N) is 1. The highest BCUT2D eigenvalue weighted by atomic mass is 16.6. The van der Waals surface area contributed by atoms with Crippen LogP contribution in [0.25, 0.3) is 0 Å². The number of H-pyrrole nitrogens is 1. The molecule has 0 aromatic carbocycles. The Morgan fingerprint density at radius 1 is 1.61 bits per heavy atom. The number of amides is 1. The van der Waals surface area contributed by atoms with Crippen molar-refractivity contribution in [1.82, 2.24) is 15.1 Å². The van der Waals surface area contributed by atoms with E-state index in [0.29, 0.717) is 18.8 Å². The van der Waals surface area contributed by atoms with Crippen LogP contribution in [0.3, 0.4) is 0 Å². The first-order valence-corrected chi connectivity index (χ1v) is 6.13. The van der Waals surface area contributed by atoms with Crippen LogP contribution in [0.1, 0.15) is 38.8 Å². The van der Waals surface area contributed by atoms with Crippen LogP contribution in [0.5, 0.6) is 0 Å². The first kappa shape index (κ1) is 12.7. The van der Waals surface area contributed by atoms with Gasteiger partial charge >= 0.3 is 6.09 Å². The summed E-state index contributed by atoms with van der Waals surface area (Å²) >= 11 is 0. The van der Waals surface area contributed by atoms with Gasteiger partial charge in [0.1, 0.15) is 5.60 Å². The van der Waals surface area contributed by atoms with Crippen molar-refractivity contribution in [2.45, 2.75) is 38.7 Å². The number of hydrogen-bond acceptors (Lipinski definition) is 4. The molecule has 6 nitrogen and oxygen atoms in total. The first-order chi connectivity index (χ1) is 8.37. The lowest BCUT2D eigenvalue weighted by Crippen LogP contribution is -2.35. The highest BCUT2D eigenvalue weighted by molar-refractivity contribution is 5.68. The largest absolute Gasteiger partial charge is 0.444 e. The third-order valence-electron chi connectivity index (χ3n) is 2.95. The van der Waals surface area contributed by atoms with Gasteiger partial charge in [0.05, 0.1) is 17.6 Å². The standard InChI is InChI=1S/C12H20N4O2/c1-12(2,3)18-11(17)16-5-4-8(7-16)10-9(13)6-14-15-10/h6,8H,4-5,7,13H2,1-3H3,(H,14,15). The molecule has 0 radical (unpaired) electrons. The van der Waals surface area contributed by atoms with Gasteiger partial charge in [-0.15, -0.1) is 0 Å². The Balaban J connectivity index is 1.97. The molecule has 1 aromatic heterocycles. The molecular weight excluding hydrogens is 232 g/mol. The second kappa shape index (κ2) is 4.51. The maximum Gasteiger partial charge on any atom is 0.410 e. The van der Waals surface area contributed by atoms with E-state index in [0.717, 1.165) is 12.1 Å². The fraction of sp³-hybridized carbons (Fsp3) is 0.667. The van der Waals surface area contributed by atoms with E-state index in [1.807, 2.05) is 20.8 Å². The maximum atomic E-state index is 11.9. The first-order valence-electron chi connectivity index (χ1n) is 6.13. The summed E-state index contributed by atoms with van der Waals surface area (Å²) in [4.78, 5) is 13.6. The topological polar surface area (TPSA) is 84.2 Å². The number of likely N-dealkylation sites (tertiary alicyclic amines) is 1. The van der Waals surface area contributed by atoms with E-state index in [4.69, 9.17) is 10.5 Å². The molecule has 0 saturated carbocycles. The van der Waals surface area contributed by atoms with Crippen molar-refractivity contribution in [3.8, 4) is 0 Å². The van der Waals surface area contributed by atoms with E-state index in [1.54, 1.807) is 11.1 Å². The molecule has 1 unspecified atom stereocenters. The van der Waals surface area contributed by atoms with Gasteiger partial charge in [0.25, 0.3) is 0 Å². The maximum absolute atomic E-state index is 11.9. The molecular formula is C12H20N4O2. The Hall–Kier alpha value is -1.72. The zero-order chi connectivity index (χ0) is 13.3. The number of ether oxygens (including phenoxy) is 1. The lowest BCUT2D eigenvalue weighted by Gasteiger charge is -2.24. The second-order valence-electron chi connectivity index (χ2n) is 5.65. The van der Waals surface area contributed by atoms with Crippen LogP contribution < -0.4 is 5.73 Å². The number of aromatic nitrogens is 2. The van der Waals surface area contributed by atoms with Crippen molar-refractivity contribution in [1.29, 1.82) is 0 Å². The predicted molar refractivity (Wildman–Crippen MR) is 68.2 cm³/mol. The van der Waals surface area contributed by atoms with Gasteiger partial charge in [0.15, 0.2) is 0 Å². The summed E-state index contributed by atoms with van der Waals surface area (Å²) in [5.74, 6) is 0.222. The highest BCUT2D eigenvalue weighted by Gasteiger charge is 2.31. The quantitative estimate of drug-likeness (QED) is 0.797. The number of rotatable bonds is 1. The van der Waals surface area contributed by atoms with Crippen LogP contribution in [0, 0.1) is 0 Å². The molecule has 1 aliphatic heterocycles. The average molecular weight is 252 g/mol. The molecule has 1 atom stereocenters. The van der Waals surface area contributed by atoms with Crippen molar-refractivity contribution in [2.75, 3.05) is 18.8 Å². The van der Waals surface area contributed by atoms with Gasteiger partial charge in [-0.05, 0) is 27.2 Å². The summed E-state index contributed by atoms with van der Waals surface area (Å²) < 4.78 is 5.35. The zero-order valence-electron chi connectivity index (χ0n) is 11.1. The van der Waals surface area contributed by atoms with Crippen LogP contribution in [-0.4, -0.2) is 39.9 Å². The normalized spacial score (nSPS) is 20.2. The van der Waals surface area contributed by atoms with Crippen molar-refractivity contribution in [3.05, 3.63) is 11.9 Å². The molecule has 100 valence electrons. The van der Waals surface area contributed by atoms with Gasteiger partial charge in [-0.25, -0.2) is 4.79 Å². The van der Waals surface area contributed by atoms with Crippen molar-refractivity contribution in [3.63, 3.8) is 0 Å². The number of nitrogen functional groups attached to an aromatic ring is 1. The highest BCUT2D eigenvalue weighted by Crippen LogP contribution is 2.29. The lowest BCUT2D eigenvalue weighted by molar-refractivity contribution is 0.0292. The number of carbonyl (C=O) groups excluding carboxylic acids is 1. The SMILES string of the molecule is CC(C)(C)OC(=O)N1CCC(c2[nH]ncc2N)C1. The minimum absolute atomic E-state index is 0.222. The van der Waals surface area contributed by atoms with E-state index in [2.05, 4.69) is 10.2 Å². The third-order valence-corrected chi connectivity index (χ3v) is 2.95. The Morgan fingerprint density at radius 2 is 2.33 bits per heavy atom. The van der Waals surface area contributed by atoms with Gasteiger partial charge in [-0.2, -0.15) is 5.10 Å². The van der Waals surface area contributed by atoms with E-state index in [9.17, 15) is 4.79 Å². The molecule has 0 bridgehead atoms. The van der Waals surface area contributed by atoms with Crippen molar-refractivity contribution >= 4 is 11.8 Å². The van der Waals surface area contributed by atoms with E-state index >= 15 is 0 Å². The Kier molecular flexibility index (Phi) is 3.19. The van der Waals surface area contributed by atoms with Gasteiger partial charge in [0.2, 0.25) is 0 Å².